The lowest BCUT2D eigenvalue weighted by Crippen LogP contribution is -2.21. The zero-order valence-electron chi connectivity index (χ0n) is 17.4. The number of aliphatic hydroxyl groups is 2. The van der Waals surface area contributed by atoms with Crippen molar-refractivity contribution in [3.63, 3.8) is 0 Å². The largest absolute Gasteiger partial charge is 0.392 e. The van der Waals surface area contributed by atoms with Gasteiger partial charge in [-0.25, -0.2) is 0 Å². The van der Waals surface area contributed by atoms with Crippen LogP contribution in [0.25, 0.3) is 0 Å². The van der Waals surface area contributed by atoms with E-state index < -0.39 is 0 Å². The lowest BCUT2D eigenvalue weighted by atomic mass is 9.91. The fourth-order valence-electron chi connectivity index (χ4n) is 4.59. The Morgan fingerprint density at radius 2 is 2.07 bits per heavy atom. The predicted octanol–water partition coefficient (Wildman–Crippen LogP) is 4.08. The Kier molecular flexibility index (Phi) is 9.04. The summed E-state index contributed by atoms with van der Waals surface area (Å²) >= 11 is 0. The highest BCUT2D eigenvalue weighted by Crippen LogP contribution is 2.48. The highest BCUT2D eigenvalue weighted by molar-refractivity contribution is 5.75. The third-order valence-electron chi connectivity index (χ3n) is 6.23. The zero-order chi connectivity index (χ0) is 19.8. The first-order valence-electron chi connectivity index (χ1n) is 10.9. The van der Waals surface area contributed by atoms with Crippen LogP contribution in [0.2, 0.25) is 0 Å². The van der Waals surface area contributed by atoms with Gasteiger partial charge in [0.15, 0.2) is 0 Å². The number of fused-ring (bicyclic) bond motifs is 1. The van der Waals surface area contributed by atoms with E-state index in [-0.39, 0.29) is 24.0 Å². The highest BCUT2D eigenvalue weighted by Gasteiger charge is 2.42. The molecule has 154 valence electrons. The summed E-state index contributed by atoms with van der Waals surface area (Å²) in [6.07, 6.45) is 15.5. The number of carbonyl (C=O) groups is 1. The van der Waals surface area contributed by atoms with Gasteiger partial charge >= 0.3 is 0 Å². The quantitative estimate of drug-likeness (QED) is 0.421. The van der Waals surface area contributed by atoms with Crippen LogP contribution in [0, 0.1) is 17.8 Å². The van der Waals surface area contributed by atoms with Gasteiger partial charge in [0.25, 0.3) is 0 Å². The molecule has 1 amide bonds. The zero-order valence-corrected chi connectivity index (χ0v) is 17.4. The molecule has 0 saturated heterocycles. The summed E-state index contributed by atoms with van der Waals surface area (Å²) in [5, 5.41) is 20.6. The Labute approximate surface area is 165 Å². The van der Waals surface area contributed by atoms with Crippen molar-refractivity contribution in [2.45, 2.75) is 83.3 Å². The molecule has 5 atom stereocenters. The van der Waals surface area contributed by atoms with E-state index in [2.05, 4.69) is 19.1 Å². The van der Waals surface area contributed by atoms with E-state index in [1.807, 2.05) is 20.2 Å². The minimum absolute atomic E-state index is 0.142. The van der Waals surface area contributed by atoms with Crippen molar-refractivity contribution in [1.82, 2.24) is 4.90 Å². The molecule has 0 aromatic rings. The van der Waals surface area contributed by atoms with Crippen molar-refractivity contribution in [3.8, 4) is 0 Å². The number of amides is 1. The van der Waals surface area contributed by atoms with E-state index in [0.717, 1.165) is 51.4 Å². The van der Waals surface area contributed by atoms with E-state index in [1.165, 1.54) is 12.0 Å². The molecule has 2 aliphatic carbocycles. The van der Waals surface area contributed by atoms with Crippen molar-refractivity contribution in [2.75, 3.05) is 14.1 Å². The van der Waals surface area contributed by atoms with E-state index in [1.54, 1.807) is 4.90 Å². The molecule has 0 aromatic carbocycles. The fraction of sp³-hybridized carbons (Fsp3) is 0.783. The molecule has 27 heavy (non-hydrogen) atoms. The van der Waals surface area contributed by atoms with Crippen molar-refractivity contribution in [2.24, 2.45) is 17.8 Å². The Balaban J connectivity index is 1.79. The summed E-state index contributed by atoms with van der Waals surface area (Å²) in [7, 11) is 3.62. The molecule has 4 heteroatoms. The van der Waals surface area contributed by atoms with E-state index in [9.17, 15) is 15.0 Å². The van der Waals surface area contributed by atoms with Crippen molar-refractivity contribution in [1.29, 1.82) is 0 Å². The highest BCUT2D eigenvalue weighted by atomic mass is 16.3. The van der Waals surface area contributed by atoms with Gasteiger partial charge in [0.2, 0.25) is 5.91 Å². The van der Waals surface area contributed by atoms with Crippen LogP contribution in [0.5, 0.6) is 0 Å². The van der Waals surface area contributed by atoms with E-state index >= 15 is 0 Å². The molecule has 2 rings (SSSR count). The predicted molar refractivity (Wildman–Crippen MR) is 110 cm³/mol. The Bertz CT molecular complexity index is 526. The van der Waals surface area contributed by atoms with E-state index in [0.29, 0.717) is 18.3 Å². The number of allylic oxidation sites excluding steroid dienone is 2. The molecule has 0 bridgehead atoms. The molecule has 0 spiro atoms. The first-order valence-corrected chi connectivity index (χ1v) is 10.9. The van der Waals surface area contributed by atoms with Crippen LogP contribution in [0.15, 0.2) is 23.8 Å². The molecule has 0 radical (unpaired) electrons. The second-order valence-corrected chi connectivity index (χ2v) is 8.69. The number of rotatable bonds is 11. The normalized spacial score (nSPS) is 28.4. The first kappa shape index (κ1) is 22.2. The molecule has 0 heterocycles. The lowest BCUT2D eigenvalue weighted by molar-refractivity contribution is -0.128. The fourth-order valence-corrected chi connectivity index (χ4v) is 4.59. The standard InChI is InChI=1S/C23H39NO3/c1-4-5-6-10-19(25)12-13-20-21-15-17(14-18(21)16-22(20)26)9-7-8-11-23(27)24(2)3/h12-13,15,18-22,25-26H,4-11,14,16H2,1-3H3/t18-,19-,20+,21-,22+/m0/s1. The van der Waals surface area contributed by atoms with Crippen LogP contribution >= 0.6 is 0 Å². The summed E-state index contributed by atoms with van der Waals surface area (Å²) in [6.45, 7) is 2.17. The molecular weight excluding hydrogens is 338 g/mol. The van der Waals surface area contributed by atoms with Gasteiger partial charge in [0, 0.05) is 26.4 Å². The monoisotopic (exact) mass is 377 g/mol. The molecule has 0 aliphatic heterocycles. The van der Waals surface area contributed by atoms with Gasteiger partial charge in [0.05, 0.1) is 12.2 Å². The molecule has 1 saturated carbocycles. The summed E-state index contributed by atoms with van der Waals surface area (Å²) in [4.78, 5) is 13.3. The van der Waals surface area contributed by atoms with Crippen LogP contribution in [0.1, 0.15) is 71.1 Å². The molecular formula is C23H39NO3. The van der Waals surface area contributed by atoms with Crippen LogP contribution < -0.4 is 0 Å². The summed E-state index contributed by atoms with van der Waals surface area (Å²) in [5.41, 5.74) is 1.50. The SMILES string of the molecule is CCCCC[C@H](O)C=C[C@@H]1[C@H]2C=C(CCCCC(=O)N(C)C)C[C@H]2C[C@H]1O. The van der Waals surface area contributed by atoms with Crippen LogP contribution in [-0.2, 0) is 4.79 Å². The van der Waals surface area contributed by atoms with Gasteiger partial charge in [-0.2, -0.15) is 0 Å². The summed E-state index contributed by atoms with van der Waals surface area (Å²) in [5.74, 6) is 1.31. The minimum Gasteiger partial charge on any atom is -0.392 e. The van der Waals surface area contributed by atoms with Crippen molar-refractivity contribution >= 4 is 5.91 Å². The topological polar surface area (TPSA) is 60.8 Å². The number of hydrogen-bond donors (Lipinski definition) is 2. The van der Waals surface area contributed by atoms with Crippen molar-refractivity contribution in [3.05, 3.63) is 23.8 Å². The maximum absolute atomic E-state index is 11.6. The second-order valence-electron chi connectivity index (χ2n) is 8.69. The van der Waals surface area contributed by atoms with E-state index in [4.69, 9.17) is 0 Å². The molecule has 0 unspecified atom stereocenters. The summed E-state index contributed by atoms with van der Waals surface area (Å²) in [6, 6.07) is 0. The smallest absolute Gasteiger partial charge is 0.222 e. The lowest BCUT2D eigenvalue weighted by Gasteiger charge is -2.16. The van der Waals surface area contributed by atoms with Gasteiger partial charge in [-0.05, 0) is 50.4 Å². The maximum atomic E-state index is 11.6. The average molecular weight is 378 g/mol. The average Bonchev–Trinajstić information content (AvgIpc) is 3.13. The van der Waals surface area contributed by atoms with Crippen molar-refractivity contribution < 1.29 is 15.0 Å². The first-order chi connectivity index (χ1) is 12.9. The van der Waals surface area contributed by atoms with Gasteiger partial charge in [-0.3, -0.25) is 4.79 Å². The van der Waals surface area contributed by atoms with Gasteiger partial charge in [0.1, 0.15) is 0 Å². The van der Waals surface area contributed by atoms with Gasteiger partial charge in [-0.1, -0.05) is 50.0 Å². The number of carbonyl (C=O) groups excluding carboxylic acids is 1. The number of nitrogens with zero attached hydrogens (tertiary/aromatic N) is 1. The molecule has 0 aromatic heterocycles. The number of hydrogen-bond acceptors (Lipinski definition) is 3. The Morgan fingerprint density at radius 3 is 2.78 bits per heavy atom. The third kappa shape index (κ3) is 6.76. The third-order valence-corrected chi connectivity index (χ3v) is 6.23. The Morgan fingerprint density at radius 1 is 1.30 bits per heavy atom. The number of unbranched alkanes of at least 4 members (excludes halogenated alkanes) is 3. The molecule has 2 aliphatic rings. The Hall–Kier alpha value is -1.13. The summed E-state index contributed by atoms with van der Waals surface area (Å²) < 4.78 is 0. The van der Waals surface area contributed by atoms with Crippen LogP contribution in [0.4, 0.5) is 0 Å². The molecule has 1 fully saturated rings. The minimum atomic E-state index is -0.387. The maximum Gasteiger partial charge on any atom is 0.222 e. The van der Waals surface area contributed by atoms with Gasteiger partial charge in [-0.15, -0.1) is 0 Å². The second kappa shape index (κ2) is 11.0. The number of aliphatic hydroxyl groups excluding tert-OH is 2. The van der Waals surface area contributed by atoms with Gasteiger partial charge < -0.3 is 15.1 Å². The molecule has 4 nitrogen and oxygen atoms in total. The van der Waals surface area contributed by atoms with Crippen LogP contribution in [0.3, 0.4) is 0 Å². The molecule has 2 N–H and O–H groups in total. The van der Waals surface area contributed by atoms with Crippen LogP contribution in [-0.4, -0.2) is 47.3 Å².